The van der Waals surface area contributed by atoms with Gasteiger partial charge in [0.15, 0.2) is 0 Å². The van der Waals surface area contributed by atoms with Crippen LogP contribution in [-0.2, 0) is 6.42 Å². The zero-order chi connectivity index (χ0) is 19.8. The summed E-state index contributed by atoms with van der Waals surface area (Å²) in [4.78, 5) is 14.1. The first-order chi connectivity index (χ1) is 13.4. The molecule has 0 spiro atoms. The van der Waals surface area contributed by atoms with Crippen LogP contribution in [-0.4, -0.2) is 25.9 Å². The van der Waals surface area contributed by atoms with E-state index in [-0.39, 0.29) is 11.7 Å². The SMILES string of the molecule is Cc1nn(-c2ccc(F)cc2)c2sc(C(=O)Nc3nnc(CC(C)C)s3)cc12. The first-order valence-electron chi connectivity index (χ1n) is 8.79. The van der Waals surface area contributed by atoms with E-state index >= 15 is 0 Å². The van der Waals surface area contributed by atoms with E-state index in [1.807, 2.05) is 13.0 Å². The minimum atomic E-state index is -0.302. The van der Waals surface area contributed by atoms with Gasteiger partial charge in [0.05, 0.1) is 16.3 Å². The third-order valence-corrected chi connectivity index (χ3v) is 6.08. The average Bonchev–Trinajstić information content (AvgIpc) is 3.33. The number of hydrogen-bond donors (Lipinski definition) is 1. The number of amides is 1. The first kappa shape index (κ1) is 18.7. The summed E-state index contributed by atoms with van der Waals surface area (Å²) >= 11 is 2.73. The van der Waals surface area contributed by atoms with Gasteiger partial charge in [0.1, 0.15) is 15.7 Å². The number of thiophene rings is 1. The lowest BCUT2D eigenvalue weighted by molar-refractivity contribution is 0.103. The predicted octanol–water partition coefficient (Wildman–Crippen LogP) is 4.84. The lowest BCUT2D eigenvalue weighted by Crippen LogP contribution is -2.09. The van der Waals surface area contributed by atoms with E-state index in [2.05, 4.69) is 34.5 Å². The van der Waals surface area contributed by atoms with Crippen LogP contribution in [0.15, 0.2) is 30.3 Å². The molecule has 3 aromatic heterocycles. The molecule has 6 nitrogen and oxygen atoms in total. The third-order valence-electron chi connectivity index (χ3n) is 4.11. The minimum Gasteiger partial charge on any atom is -0.296 e. The number of anilines is 1. The van der Waals surface area contributed by atoms with Gasteiger partial charge in [0.2, 0.25) is 5.13 Å². The number of benzene rings is 1. The molecule has 1 aromatic carbocycles. The number of halogens is 1. The third kappa shape index (κ3) is 3.67. The van der Waals surface area contributed by atoms with Crippen molar-refractivity contribution in [1.82, 2.24) is 20.0 Å². The molecule has 0 bridgehead atoms. The summed E-state index contributed by atoms with van der Waals surface area (Å²) in [5.74, 6) is -0.0426. The highest BCUT2D eigenvalue weighted by molar-refractivity contribution is 7.20. The normalized spacial score (nSPS) is 11.5. The maximum Gasteiger partial charge on any atom is 0.267 e. The molecule has 1 amide bonds. The quantitative estimate of drug-likeness (QED) is 0.506. The number of aromatic nitrogens is 4. The maximum absolute atomic E-state index is 13.2. The molecule has 28 heavy (non-hydrogen) atoms. The van der Waals surface area contributed by atoms with E-state index in [9.17, 15) is 9.18 Å². The number of carbonyl (C=O) groups is 1. The van der Waals surface area contributed by atoms with Crippen molar-refractivity contribution in [2.24, 2.45) is 5.92 Å². The second-order valence-electron chi connectivity index (χ2n) is 6.86. The Balaban J connectivity index is 1.61. The molecule has 1 N–H and O–H groups in total. The Kier molecular flexibility index (Phi) is 4.94. The molecule has 0 aliphatic carbocycles. The van der Waals surface area contributed by atoms with Crippen molar-refractivity contribution in [2.75, 3.05) is 5.32 Å². The summed E-state index contributed by atoms with van der Waals surface area (Å²) in [5, 5.41) is 17.8. The van der Waals surface area contributed by atoms with Crippen molar-refractivity contribution in [2.45, 2.75) is 27.2 Å². The largest absolute Gasteiger partial charge is 0.296 e. The molecule has 0 saturated carbocycles. The fourth-order valence-corrected chi connectivity index (χ4v) is 4.84. The number of fused-ring (bicyclic) bond motifs is 1. The van der Waals surface area contributed by atoms with E-state index in [0.29, 0.717) is 15.9 Å². The van der Waals surface area contributed by atoms with Gasteiger partial charge < -0.3 is 0 Å². The topological polar surface area (TPSA) is 72.7 Å². The van der Waals surface area contributed by atoms with Crippen molar-refractivity contribution < 1.29 is 9.18 Å². The highest BCUT2D eigenvalue weighted by atomic mass is 32.1. The van der Waals surface area contributed by atoms with Crippen molar-refractivity contribution in [3.05, 3.63) is 51.7 Å². The van der Waals surface area contributed by atoms with E-state index in [4.69, 9.17) is 0 Å². The summed E-state index contributed by atoms with van der Waals surface area (Å²) in [6.45, 7) is 6.12. The zero-order valence-electron chi connectivity index (χ0n) is 15.6. The van der Waals surface area contributed by atoms with Gasteiger partial charge in [0.25, 0.3) is 5.91 Å². The Hall–Kier alpha value is -2.65. The summed E-state index contributed by atoms with van der Waals surface area (Å²) in [5.41, 5.74) is 1.56. The van der Waals surface area contributed by atoms with Crippen LogP contribution in [0.3, 0.4) is 0 Å². The average molecular weight is 416 g/mol. The fraction of sp³-hybridized carbons (Fsp3) is 0.263. The second-order valence-corrected chi connectivity index (χ2v) is 8.95. The van der Waals surface area contributed by atoms with Gasteiger partial charge >= 0.3 is 0 Å². The molecule has 0 saturated heterocycles. The predicted molar refractivity (Wildman–Crippen MR) is 110 cm³/mol. The van der Waals surface area contributed by atoms with Crippen LogP contribution in [0.1, 0.15) is 34.2 Å². The Labute approximate surface area is 169 Å². The van der Waals surface area contributed by atoms with Crippen LogP contribution in [0.4, 0.5) is 9.52 Å². The van der Waals surface area contributed by atoms with Crippen molar-refractivity contribution >= 4 is 43.9 Å². The molecule has 3 heterocycles. The van der Waals surface area contributed by atoms with Gasteiger partial charge in [0, 0.05) is 11.8 Å². The van der Waals surface area contributed by atoms with Crippen molar-refractivity contribution in [3.8, 4) is 5.69 Å². The molecule has 9 heteroatoms. The lowest BCUT2D eigenvalue weighted by Gasteiger charge is -2.02. The molecule has 0 atom stereocenters. The van der Waals surface area contributed by atoms with Crippen LogP contribution in [0.5, 0.6) is 0 Å². The number of carbonyl (C=O) groups excluding carboxylic acids is 1. The lowest BCUT2D eigenvalue weighted by atomic mass is 10.1. The molecule has 0 unspecified atom stereocenters. The van der Waals surface area contributed by atoms with Crippen LogP contribution < -0.4 is 5.32 Å². The zero-order valence-corrected chi connectivity index (χ0v) is 17.2. The van der Waals surface area contributed by atoms with Crippen LogP contribution in [0.2, 0.25) is 0 Å². The smallest absolute Gasteiger partial charge is 0.267 e. The van der Waals surface area contributed by atoms with Crippen LogP contribution in [0, 0.1) is 18.7 Å². The molecule has 0 fully saturated rings. The van der Waals surface area contributed by atoms with Crippen molar-refractivity contribution in [1.29, 1.82) is 0 Å². The highest BCUT2D eigenvalue weighted by Gasteiger charge is 2.18. The first-order valence-corrected chi connectivity index (χ1v) is 10.4. The van der Waals surface area contributed by atoms with Gasteiger partial charge in [-0.15, -0.1) is 21.5 Å². The molecule has 144 valence electrons. The molecule has 4 aromatic rings. The molecule has 0 aliphatic rings. The Bertz CT molecular complexity index is 1140. The van der Waals surface area contributed by atoms with Gasteiger partial charge in [-0.25, -0.2) is 9.07 Å². The Morgan fingerprint density at radius 2 is 1.96 bits per heavy atom. The second kappa shape index (κ2) is 7.40. The van der Waals surface area contributed by atoms with Crippen LogP contribution in [0.25, 0.3) is 15.9 Å². The summed E-state index contributed by atoms with van der Waals surface area (Å²) in [6.07, 6.45) is 0.836. The number of nitrogens with zero attached hydrogens (tertiary/aromatic N) is 4. The number of nitrogens with one attached hydrogen (secondary N) is 1. The van der Waals surface area contributed by atoms with E-state index in [1.165, 1.54) is 34.8 Å². The van der Waals surface area contributed by atoms with Gasteiger partial charge in [-0.2, -0.15) is 5.10 Å². The summed E-state index contributed by atoms with van der Waals surface area (Å²) in [6, 6.07) is 7.94. The number of aryl methyl sites for hydroxylation is 1. The number of rotatable bonds is 5. The van der Waals surface area contributed by atoms with E-state index < -0.39 is 0 Å². The summed E-state index contributed by atoms with van der Waals surface area (Å²) in [7, 11) is 0. The van der Waals surface area contributed by atoms with Crippen LogP contribution >= 0.6 is 22.7 Å². The maximum atomic E-state index is 13.2. The molecule has 0 aliphatic heterocycles. The van der Waals surface area contributed by atoms with Gasteiger partial charge in [-0.1, -0.05) is 25.2 Å². The molecule has 4 rings (SSSR count). The Morgan fingerprint density at radius 1 is 1.21 bits per heavy atom. The molecular weight excluding hydrogens is 397 g/mol. The standard InChI is InChI=1S/C19H18FN5OS2/c1-10(2)8-16-22-23-19(28-16)21-17(26)15-9-14-11(3)24-25(18(14)27-15)13-6-4-12(20)5-7-13/h4-7,9-10H,8H2,1-3H3,(H,21,23,26). The Morgan fingerprint density at radius 3 is 2.68 bits per heavy atom. The fourth-order valence-electron chi connectivity index (χ4n) is 2.81. The number of hydrogen-bond acceptors (Lipinski definition) is 6. The van der Waals surface area contributed by atoms with E-state index in [0.717, 1.165) is 33.0 Å². The van der Waals surface area contributed by atoms with E-state index in [1.54, 1.807) is 16.8 Å². The molecular formula is C19H18FN5OS2. The summed E-state index contributed by atoms with van der Waals surface area (Å²) < 4.78 is 15.0. The van der Waals surface area contributed by atoms with Gasteiger partial charge in [-0.05, 0) is 43.2 Å². The molecule has 0 radical (unpaired) electrons. The monoisotopic (exact) mass is 415 g/mol. The van der Waals surface area contributed by atoms with Gasteiger partial charge in [-0.3, -0.25) is 10.1 Å². The minimum absolute atomic E-state index is 0.224. The highest BCUT2D eigenvalue weighted by Crippen LogP contribution is 2.31. The van der Waals surface area contributed by atoms with Crippen molar-refractivity contribution in [3.63, 3.8) is 0 Å².